The van der Waals surface area contributed by atoms with Gasteiger partial charge in [0, 0.05) is 13.1 Å². The van der Waals surface area contributed by atoms with Crippen molar-refractivity contribution in [2.45, 2.75) is 33.3 Å². The van der Waals surface area contributed by atoms with Crippen LogP contribution in [0.4, 0.5) is 5.69 Å². The summed E-state index contributed by atoms with van der Waals surface area (Å²) in [6, 6.07) is 6.04. The Labute approximate surface area is 109 Å². The third-order valence-electron chi connectivity index (χ3n) is 2.96. The summed E-state index contributed by atoms with van der Waals surface area (Å²) >= 11 is 0. The van der Waals surface area contributed by atoms with Gasteiger partial charge in [0.1, 0.15) is 0 Å². The Morgan fingerprint density at radius 1 is 1.44 bits per heavy atom. The van der Waals surface area contributed by atoms with Crippen molar-refractivity contribution >= 4 is 5.69 Å². The quantitative estimate of drug-likeness (QED) is 0.839. The summed E-state index contributed by atoms with van der Waals surface area (Å²) in [5.41, 5.74) is 1.69. The molecule has 0 fully saturated rings. The molecule has 1 unspecified atom stereocenters. The maximum absolute atomic E-state index is 9.68. The minimum atomic E-state index is -0.493. The molecular weight excluding hydrogens is 226 g/mol. The molecular formula is C14H21N3O. The summed E-state index contributed by atoms with van der Waals surface area (Å²) in [5.74, 6) is -0.00846. The zero-order chi connectivity index (χ0) is 13.5. The van der Waals surface area contributed by atoms with Gasteiger partial charge >= 0.3 is 0 Å². The van der Waals surface area contributed by atoms with E-state index in [9.17, 15) is 5.11 Å². The molecule has 18 heavy (non-hydrogen) atoms. The molecule has 0 amide bonds. The third kappa shape index (κ3) is 3.71. The third-order valence-corrected chi connectivity index (χ3v) is 2.96. The van der Waals surface area contributed by atoms with E-state index in [2.05, 4.69) is 22.9 Å². The highest BCUT2D eigenvalue weighted by atomic mass is 16.3. The Morgan fingerprint density at radius 3 is 2.61 bits per heavy atom. The van der Waals surface area contributed by atoms with Crippen LogP contribution in [0.3, 0.4) is 0 Å². The molecule has 0 aliphatic rings. The maximum atomic E-state index is 9.68. The molecule has 0 radical (unpaired) electrons. The van der Waals surface area contributed by atoms with E-state index in [0.717, 1.165) is 12.2 Å². The average Bonchev–Trinajstić information content (AvgIpc) is 2.43. The van der Waals surface area contributed by atoms with Crippen LogP contribution in [-0.2, 0) is 0 Å². The number of aromatic nitrogens is 1. The van der Waals surface area contributed by atoms with Gasteiger partial charge in [-0.05, 0) is 32.4 Å². The molecule has 0 bridgehead atoms. The maximum Gasteiger partial charge on any atom is 0.0957 e. The number of hydrogen-bond acceptors (Lipinski definition) is 4. The number of anilines is 1. The predicted molar refractivity (Wildman–Crippen MR) is 72.2 cm³/mol. The fraction of sp³-hybridized carbons (Fsp3) is 0.571. The van der Waals surface area contributed by atoms with Gasteiger partial charge < -0.3 is 10.0 Å². The van der Waals surface area contributed by atoms with Gasteiger partial charge in [0.2, 0.25) is 0 Å². The highest BCUT2D eigenvalue weighted by molar-refractivity contribution is 5.44. The molecule has 2 atom stereocenters. The topological polar surface area (TPSA) is 60.1 Å². The zero-order valence-electron chi connectivity index (χ0n) is 11.3. The smallest absolute Gasteiger partial charge is 0.0957 e. The van der Waals surface area contributed by atoms with Crippen LogP contribution in [0.2, 0.25) is 0 Å². The lowest BCUT2D eigenvalue weighted by Gasteiger charge is -2.24. The van der Waals surface area contributed by atoms with Gasteiger partial charge in [-0.15, -0.1) is 0 Å². The summed E-state index contributed by atoms with van der Waals surface area (Å²) in [6.07, 6.45) is 1.93. The van der Waals surface area contributed by atoms with E-state index < -0.39 is 6.10 Å². The molecule has 0 saturated heterocycles. The molecule has 0 saturated carbocycles. The number of hydrogen-bond donors (Lipinski definition) is 1. The summed E-state index contributed by atoms with van der Waals surface area (Å²) in [6.45, 7) is 7.42. The Morgan fingerprint density at radius 2 is 2.17 bits per heavy atom. The van der Waals surface area contributed by atoms with Crippen molar-refractivity contribution < 1.29 is 5.11 Å². The van der Waals surface area contributed by atoms with Crippen molar-refractivity contribution in [3.05, 3.63) is 24.0 Å². The van der Waals surface area contributed by atoms with Crippen molar-refractivity contribution in [3.8, 4) is 6.07 Å². The molecule has 4 heteroatoms. The molecule has 1 N–H and O–H groups in total. The second-order valence-corrected chi connectivity index (χ2v) is 4.43. The first kappa shape index (κ1) is 14.5. The summed E-state index contributed by atoms with van der Waals surface area (Å²) in [5, 5.41) is 18.5. The lowest BCUT2D eigenvalue weighted by molar-refractivity contribution is 0.169. The highest BCUT2D eigenvalue weighted by Crippen LogP contribution is 2.19. The Bertz CT molecular complexity index is 396. The van der Waals surface area contributed by atoms with Crippen LogP contribution < -0.4 is 4.90 Å². The van der Waals surface area contributed by atoms with Crippen molar-refractivity contribution in [2.75, 3.05) is 18.0 Å². The Balaban J connectivity index is 2.79. The molecule has 4 nitrogen and oxygen atoms in total. The minimum Gasteiger partial charge on any atom is -0.387 e. The predicted octanol–water partition coefficient (Wildman–Crippen LogP) is 2.51. The second kappa shape index (κ2) is 6.97. The molecule has 1 rings (SSSR count). The Hall–Kier alpha value is -1.60. The fourth-order valence-corrected chi connectivity index (χ4v) is 1.78. The van der Waals surface area contributed by atoms with Crippen LogP contribution in [0.1, 0.15) is 39.0 Å². The molecule has 0 aromatic carbocycles. The lowest BCUT2D eigenvalue weighted by Crippen LogP contribution is -2.27. The van der Waals surface area contributed by atoms with E-state index in [1.54, 1.807) is 6.20 Å². The Kier molecular flexibility index (Phi) is 5.60. The van der Waals surface area contributed by atoms with Gasteiger partial charge in [-0.25, -0.2) is 0 Å². The number of nitriles is 1. The number of nitrogens with zero attached hydrogens (tertiary/aromatic N) is 3. The SMILES string of the molecule is CC[C@@H](O)c1ccc(N(CC)CC(C)C#N)cn1. The average molecular weight is 247 g/mol. The summed E-state index contributed by atoms with van der Waals surface area (Å²) in [7, 11) is 0. The van der Waals surface area contributed by atoms with Crippen molar-refractivity contribution in [3.63, 3.8) is 0 Å². The van der Waals surface area contributed by atoms with Crippen molar-refractivity contribution in [1.82, 2.24) is 4.98 Å². The largest absolute Gasteiger partial charge is 0.387 e. The molecule has 1 aromatic rings. The molecule has 0 aliphatic carbocycles. The highest BCUT2D eigenvalue weighted by Gasteiger charge is 2.11. The van der Waals surface area contributed by atoms with Crippen LogP contribution in [0.25, 0.3) is 0 Å². The van der Waals surface area contributed by atoms with Crippen LogP contribution in [0, 0.1) is 17.2 Å². The van der Waals surface area contributed by atoms with E-state index >= 15 is 0 Å². The lowest BCUT2D eigenvalue weighted by atomic mass is 10.1. The number of aliphatic hydroxyl groups excluding tert-OH is 1. The van der Waals surface area contributed by atoms with E-state index in [4.69, 9.17) is 5.26 Å². The van der Waals surface area contributed by atoms with Crippen LogP contribution in [-0.4, -0.2) is 23.2 Å². The fourth-order valence-electron chi connectivity index (χ4n) is 1.78. The first-order chi connectivity index (χ1) is 8.62. The van der Waals surface area contributed by atoms with Crippen molar-refractivity contribution in [1.29, 1.82) is 5.26 Å². The van der Waals surface area contributed by atoms with Gasteiger partial charge in [0.05, 0.1) is 35.7 Å². The standard InChI is InChI=1S/C14H21N3O/c1-4-14(18)13-7-6-12(9-16-13)17(5-2)10-11(3)8-15/h6-7,9,11,14,18H,4-5,10H2,1-3H3/t11?,14-/m1/s1. The summed E-state index contributed by atoms with van der Waals surface area (Å²) < 4.78 is 0. The van der Waals surface area contributed by atoms with E-state index in [0.29, 0.717) is 18.7 Å². The first-order valence-corrected chi connectivity index (χ1v) is 6.40. The minimum absolute atomic E-state index is 0.00846. The zero-order valence-corrected chi connectivity index (χ0v) is 11.3. The summed E-state index contributed by atoms with van der Waals surface area (Å²) in [4.78, 5) is 6.39. The van der Waals surface area contributed by atoms with E-state index in [1.807, 2.05) is 26.0 Å². The van der Waals surface area contributed by atoms with Crippen LogP contribution in [0.15, 0.2) is 18.3 Å². The van der Waals surface area contributed by atoms with Gasteiger partial charge in [-0.1, -0.05) is 6.92 Å². The van der Waals surface area contributed by atoms with Gasteiger partial charge in [-0.2, -0.15) is 5.26 Å². The number of rotatable bonds is 6. The van der Waals surface area contributed by atoms with E-state index in [1.165, 1.54) is 0 Å². The van der Waals surface area contributed by atoms with Gasteiger partial charge in [-0.3, -0.25) is 4.98 Å². The molecule has 0 aliphatic heterocycles. The number of pyridine rings is 1. The normalized spacial score (nSPS) is 13.7. The monoisotopic (exact) mass is 247 g/mol. The van der Waals surface area contributed by atoms with Crippen LogP contribution >= 0.6 is 0 Å². The van der Waals surface area contributed by atoms with E-state index in [-0.39, 0.29) is 5.92 Å². The molecule has 0 spiro atoms. The first-order valence-electron chi connectivity index (χ1n) is 6.40. The van der Waals surface area contributed by atoms with Gasteiger partial charge in [0.25, 0.3) is 0 Å². The molecule has 98 valence electrons. The number of aliphatic hydroxyl groups is 1. The van der Waals surface area contributed by atoms with Gasteiger partial charge in [0.15, 0.2) is 0 Å². The van der Waals surface area contributed by atoms with Crippen molar-refractivity contribution in [2.24, 2.45) is 5.92 Å². The second-order valence-electron chi connectivity index (χ2n) is 4.43. The molecule has 1 aromatic heterocycles. The molecule has 1 heterocycles. The van der Waals surface area contributed by atoms with Crippen LogP contribution in [0.5, 0.6) is 0 Å².